The zero-order chi connectivity index (χ0) is 24.6. The number of carbonyl (C=O) groups excluding carboxylic acids is 1. The summed E-state index contributed by atoms with van der Waals surface area (Å²) in [6.07, 6.45) is 2.10. The smallest absolute Gasteiger partial charge is 0.251 e. The molecule has 0 saturated carbocycles. The van der Waals surface area contributed by atoms with Gasteiger partial charge in [-0.05, 0) is 69.6 Å². The molecule has 0 radical (unpaired) electrons. The number of rotatable bonds is 11. The number of ether oxygens (including phenoxy) is 2. The van der Waals surface area contributed by atoms with Crippen LogP contribution in [0.5, 0.6) is 5.75 Å². The zero-order valence-electron chi connectivity index (χ0n) is 20.1. The lowest BCUT2D eigenvalue weighted by Gasteiger charge is -2.31. The van der Waals surface area contributed by atoms with Gasteiger partial charge in [0.2, 0.25) is 10.0 Å². The van der Waals surface area contributed by atoms with Crippen LogP contribution >= 0.6 is 0 Å². The lowest BCUT2D eigenvalue weighted by atomic mass is 10.1. The predicted molar refractivity (Wildman–Crippen MR) is 131 cm³/mol. The summed E-state index contributed by atoms with van der Waals surface area (Å²) >= 11 is 0. The van der Waals surface area contributed by atoms with Crippen LogP contribution in [-0.2, 0) is 21.3 Å². The van der Waals surface area contributed by atoms with Gasteiger partial charge in [-0.1, -0.05) is 18.2 Å². The summed E-state index contributed by atoms with van der Waals surface area (Å²) in [5.41, 5.74) is 1.18. The molecule has 0 aromatic heterocycles. The van der Waals surface area contributed by atoms with Crippen LogP contribution in [-0.4, -0.2) is 64.7 Å². The molecule has 2 aromatic carbocycles. The Morgan fingerprint density at radius 3 is 2.62 bits per heavy atom. The second kappa shape index (κ2) is 12.3. The van der Waals surface area contributed by atoms with Crippen molar-refractivity contribution in [2.45, 2.75) is 50.2 Å². The number of nitrogens with one attached hydrogen (secondary N) is 2. The number of nitrogens with zero attached hydrogens (tertiary/aromatic N) is 1. The number of hydrogen-bond donors (Lipinski definition) is 2. The lowest BCUT2D eigenvalue weighted by Crippen LogP contribution is -2.38. The van der Waals surface area contributed by atoms with E-state index in [1.165, 1.54) is 12.1 Å². The summed E-state index contributed by atoms with van der Waals surface area (Å²) in [6.45, 7) is 6.84. The van der Waals surface area contributed by atoms with Crippen molar-refractivity contribution >= 4 is 15.9 Å². The molecule has 1 fully saturated rings. The second-order valence-electron chi connectivity index (χ2n) is 8.81. The SMILES string of the molecule is CC(C)NS(=O)(=O)c1cccc(C(=O)NCc2cccc(OCCN(C)C3CCOCC3)c2)c1. The van der Waals surface area contributed by atoms with Gasteiger partial charge in [-0.3, -0.25) is 9.69 Å². The van der Waals surface area contributed by atoms with Gasteiger partial charge >= 0.3 is 0 Å². The maximum absolute atomic E-state index is 12.6. The summed E-state index contributed by atoms with van der Waals surface area (Å²) < 4.78 is 38.6. The van der Waals surface area contributed by atoms with Gasteiger partial charge in [-0.15, -0.1) is 0 Å². The van der Waals surface area contributed by atoms with E-state index >= 15 is 0 Å². The van der Waals surface area contributed by atoms with Gasteiger partial charge in [0, 0.05) is 44.0 Å². The Kier molecular flexibility index (Phi) is 9.46. The monoisotopic (exact) mass is 489 g/mol. The molecule has 0 unspecified atom stereocenters. The van der Waals surface area contributed by atoms with Gasteiger partial charge in [-0.25, -0.2) is 13.1 Å². The van der Waals surface area contributed by atoms with Crippen molar-refractivity contribution in [1.82, 2.24) is 14.9 Å². The molecule has 1 aliphatic rings. The number of likely N-dealkylation sites (N-methyl/N-ethyl adjacent to an activating group) is 1. The molecular formula is C25H35N3O5S. The third-order valence-electron chi connectivity index (χ3n) is 5.68. The predicted octanol–water partition coefficient (Wildman–Crippen LogP) is 2.79. The molecule has 1 saturated heterocycles. The second-order valence-corrected chi connectivity index (χ2v) is 10.5. The summed E-state index contributed by atoms with van der Waals surface area (Å²) in [5.74, 6) is 0.408. The topological polar surface area (TPSA) is 97.0 Å². The van der Waals surface area contributed by atoms with E-state index in [0.717, 1.165) is 43.9 Å². The maximum atomic E-state index is 12.6. The Morgan fingerprint density at radius 1 is 1.15 bits per heavy atom. The molecule has 1 aliphatic heterocycles. The molecule has 0 atom stereocenters. The normalized spacial score (nSPS) is 15.0. The maximum Gasteiger partial charge on any atom is 0.251 e. The Morgan fingerprint density at radius 2 is 1.88 bits per heavy atom. The van der Waals surface area contributed by atoms with Crippen molar-refractivity contribution in [3.8, 4) is 5.75 Å². The Bertz CT molecular complexity index is 1050. The molecule has 1 amide bonds. The van der Waals surface area contributed by atoms with Gasteiger partial charge in [0.15, 0.2) is 0 Å². The molecule has 186 valence electrons. The first-order valence-electron chi connectivity index (χ1n) is 11.6. The summed E-state index contributed by atoms with van der Waals surface area (Å²) in [5, 5.41) is 2.85. The standard InChI is InChI=1S/C25H35N3O5S/c1-19(2)27-34(30,31)24-9-5-7-21(17-24)25(29)26-18-20-6-4-8-23(16-20)33-15-12-28(3)22-10-13-32-14-11-22/h4-9,16-17,19,22,27H,10-15,18H2,1-3H3,(H,26,29). The minimum Gasteiger partial charge on any atom is -0.492 e. The Labute approximate surface area is 202 Å². The minimum atomic E-state index is -3.67. The highest BCUT2D eigenvalue weighted by Crippen LogP contribution is 2.16. The molecule has 1 heterocycles. The van der Waals surface area contributed by atoms with Crippen molar-refractivity contribution in [1.29, 1.82) is 0 Å². The lowest BCUT2D eigenvalue weighted by molar-refractivity contribution is 0.0392. The van der Waals surface area contributed by atoms with Crippen molar-refractivity contribution in [3.05, 3.63) is 59.7 Å². The van der Waals surface area contributed by atoms with Gasteiger partial charge < -0.3 is 14.8 Å². The van der Waals surface area contributed by atoms with Crippen LogP contribution in [0.4, 0.5) is 0 Å². The average Bonchev–Trinajstić information content (AvgIpc) is 2.82. The van der Waals surface area contributed by atoms with Crippen molar-refractivity contribution in [3.63, 3.8) is 0 Å². The van der Waals surface area contributed by atoms with E-state index in [2.05, 4.69) is 22.0 Å². The molecule has 34 heavy (non-hydrogen) atoms. The Hall–Kier alpha value is -2.46. The first-order chi connectivity index (χ1) is 16.2. The fraction of sp³-hybridized carbons (Fsp3) is 0.480. The van der Waals surface area contributed by atoms with E-state index in [4.69, 9.17) is 9.47 Å². The Balaban J connectivity index is 1.51. The summed E-state index contributed by atoms with van der Waals surface area (Å²) in [6, 6.07) is 13.9. The van der Waals surface area contributed by atoms with Crippen LogP contribution in [0.2, 0.25) is 0 Å². The fourth-order valence-electron chi connectivity index (χ4n) is 3.83. The van der Waals surface area contributed by atoms with Crippen LogP contribution in [0.25, 0.3) is 0 Å². The van der Waals surface area contributed by atoms with Gasteiger partial charge in [0.25, 0.3) is 5.91 Å². The molecule has 9 heteroatoms. The fourth-order valence-corrected chi connectivity index (χ4v) is 5.12. The molecule has 8 nitrogen and oxygen atoms in total. The minimum absolute atomic E-state index is 0.0648. The zero-order valence-corrected chi connectivity index (χ0v) is 20.9. The molecule has 0 bridgehead atoms. The van der Waals surface area contributed by atoms with Gasteiger partial charge in [0.05, 0.1) is 4.90 Å². The molecule has 2 aromatic rings. The average molecular weight is 490 g/mol. The van der Waals surface area contributed by atoms with E-state index in [1.54, 1.807) is 26.0 Å². The number of benzene rings is 2. The first kappa shape index (κ1) is 26.2. The van der Waals surface area contributed by atoms with Crippen molar-refractivity contribution in [2.75, 3.05) is 33.4 Å². The van der Waals surface area contributed by atoms with E-state index in [-0.39, 0.29) is 22.4 Å². The highest BCUT2D eigenvalue weighted by Gasteiger charge is 2.19. The van der Waals surface area contributed by atoms with Crippen molar-refractivity contribution < 1.29 is 22.7 Å². The van der Waals surface area contributed by atoms with Gasteiger partial charge in [-0.2, -0.15) is 0 Å². The van der Waals surface area contributed by atoms with E-state index in [0.29, 0.717) is 19.2 Å². The van der Waals surface area contributed by atoms with Crippen LogP contribution in [0, 0.1) is 0 Å². The molecule has 0 spiro atoms. The number of sulfonamides is 1. The molecule has 2 N–H and O–H groups in total. The van der Waals surface area contributed by atoms with Crippen LogP contribution < -0.4 is 14.8 Å². The molecule has 3 rings (SSSR count). The van der Waals surface area contributed by atoms with Crippen LogP contribution in [0.15, 0.2) is 53.4 Å². The third kappa shape index (κ3) is 7.80. The summed E-state index contributed by atoms with van der Waals surface area (Å²) in [4.78, 5) is 15.0. The van der Waals surface area contributed by atoms with E-state index < -0.39 is 10.0 Å². The summed E-state index contributed by atoms with van der Waals surface area (Å²) in [7, 11) is -1.55. The third-order valence-corrected chi connectivity index (χ3v) is 7.33. The van der Waals surface area contributed by atoms with Crippen LogP contribution in [0.3, 0.4) is 0 Å². The van der Waals surface area contributed by atoms with E-state index in [9.17, 15) is 13.2 Å². The first-order valence-corrected chi connectivity index (χ1v) is 13.1. The number of hydrogen-bond acceptors (Lipinski definition) is 6. The highest BCUT2D eigenvalue weighted by atomic mass is 32.2. The molecular weight excluding hydrogens is 454 g/mol. The highest BCUT2D eigenvalue weighted by molar-refractivity contribution is 7.89. The number of carbonyl (C=O) groups is 1. The molecule has 0 aliphatic carbocycles. The van der Waals surface area contributed by atoms with Gasteiger partial charge in [0.1, 0.15) is 12.4 Å². The van der Waals surface area contributed by atoms with Crippen molar-refractivity contribution in [2.24, 2.45) is 0 Å². The number of amides is 1. The van der Waals surface area contributed by atoms with E-state index in [1.807, 2.05) is 24.3 Å². The van der Waals surface area contributed by atoms with Crippen LogP contribution in [0.1, 0.15) is 42.6 Å². The quantitative estimate of drug-likeness (QED) is 0.504. The largest absolute Gasteiger partial charge is 0.492 e.